The molecule has 1 aromatic rings. The summed E-state index contributed by atoms with van der Waals surface area (Å²) in [5, 5.41) is 17.8. The Morgan fingerprint density at radius 2 is 2.13 bits per heavy atom. The van der Waals surface area contributed by atoms with Crippen LogP contribution < -0.4 is 11.5 Å². The third kappa shape index (κ3) is 3.08. The van der Waals surface area contributed by atoms with Crippen molar-refractivity contribution in [2.24, 2.45) is 5.73 Å². The van der Waals surface area contributed by atoms with E-state index in [1.54, 1.807) is 0 Å². The molecule has 15 heavy (non-hydrogen) atoms. The van der Waals surface area contributed by atoms with Crippen LogP contribution in [0.4, 0.5) is 5.95 Å². The van der Waals surface area contributed by atoms with E-state index in [-0.39, 0.29) is 12.6 Å². The zero-order valence-electron chi connectivity index (χ0n) is 8.92. The van der Waals surface area contributed by atoms with Gasteiger partial charge < -0.3 is 16.6 Å². The van der Waals surface area contributed by atoms with Crippen LogP contribution in [0.15, 0.2) is 5.16 Å². The molecular formula is C8H17N5OS. The van der Waals surface area contributed by atoms with Crippen LogP contribution in [-0.4, -0.2) is 38.3 Å². The van der Waals surface area contributed by atoms with E-state index in [0.717, 1.165) is 5.16 Å². The summed E-state index contributed by atoms with van der Waals surface area (Å²) in [6.45, 7) is 4.25. The van der Waals surface area contributed by atoms with Gasteiger partial charge in [0.2, 0.25) is 5.95 Å². The fourth-order valence-corrected chi connectivity index (χ4v) is 2.13. The lowest BCUT2D eigenvalue weighted by atomic mass is 10.4. The Morgan fingerprint density at radius 3 is 2.67 bits per heavy atom. The Balaban J connectivity index is 2.68. The van der Waals surface area contributed by atoms with Crippen molar-refractivity contribution in [2.45, 2.75) is 31.1 Å². The van der Waals surface area contributed by atoms with E-state index in [1.165, 1.54) is 11.8 Å². The molecule has 6 nitrogen and oxygen atoms in total. The maximum absolute atomic E-state index is 9.32. The molecule has 0 aliphatic rings. The second kappa shape index (κ2) is 5.34. The van der Waals surface area contributed by atoms with Crippen LogP contribution in [0.3, 0.4) is 0 Å². The van der Waals surface area contributed by atoms with Crippen LogP contribution in [0.2, 0.25) is 0 Å². The lowest BCUT2D eigenvalue weighted by Crippen LogP contribution is -2.22. The van der Waals surface area contributed by atoms with Crippen LogP contribution in [0.5, 0.6) is 0 Å². The first-order chi connectivity index (χ1) is 7.06. The third-order valence-corrected chi connectivity index (χ3v) is 2.97. The first kappa shape index (κ1) is 12.3. The fraction of sp³-hybridized carbons (Fsp3) is 0.750. The molecule has 86 valence electrons. The molecule has 7 heteroatoms. The number of aromatic nitrogens is 3. The van der Waals surface area contributed by atoms with Crippen LogP contribution in [-0.2, 0) is 0 Å². The molecule has 5 N–H and O–H groups in total. The van der Waals surface area contributed by atoms with Crippen molar-refractivity contribution in [3.05, 3.63) is 0 Å². The predicted molar refractivity (Wildman–Crippen MR) is 60.6 cm³/mol. The first-order valence-electron chi connectivity index (χ1n) is 4.77. The standard InChI is InChI=1S/C8H17N5OS/c1-5(2)13-7(10)11-12-8(13)15-4-6(14)3-9/h5-6,14H,3-4,9H2,1-2H3,(H2,10,11). The predicted octanol–water partition coefficient (Wildman–Crippen LogP) is -0.147. The molecule has 0 aliphatic carbocycles. The minimum atomic E-state index is -0.520. The number of anilines is 1. The molecule has 1 atom stereocenters. The second-order valence-corrected chi connectivity index (χ2v) is 4.49. The smallest absolute Gasteiger partial charge is 0.222 e. The highest BCUT2D eigenvalue weighted by molar-refractivity contribution is 7.99. The average Bonchev–Trinajstić information content (AvgIpc) is 2.56. The van der Waals surface area contributed by atoms with Crippen molar-refractivity contribution in [1.29, 1.82) is 0 Å². The van der Waals surface area contributed by atoms with Gasteiger partial charge in [-0.3, -0.25) is 4.57 Å². The zero-order valence-corrected chi connectivity index (χ0v) is 9.74. The lowest BCUT2D eigenvalue weighted by molar-refractivity contribution is 0.208. The summed E-state index contributed by atoms with van der Waals surface area (Å²) >= 11 is 1.41. The third-order valence-electron chi connectivity index (χ3n) is 1.88. The summed E-state index contributed by atoms with van der Waals surface area (Å²) in [6, 6.07) is 0.206. The van der Waals surface area contributed by atoms with E-state index in [9.17, 15) is 5.11 Å². The molecule has 0 saturated carbocycles. The summed E-state index contributed by atoms with van der Waals surface area (Å²) in [7, 11) is 0. The molecule has 0 aromatic carbocycles. The molecule has 0 aliphatic heterocycles. The zero-order chi connectivity index (χ0) is 11.4. The Labute approximate surface area is 93.0 Å². The molecule has 0 radical (unpaired) electrons. The summed E-state index contributed by atoms with van der Waals surface area (Å²) in [6.07, 6.45) is -0.520. The lowest BCUT2D eigenvalue weighted by Gasteiger charge is -2.12. The van der Waals surface area contributed by atoms with Gasteiger partial charge in [0.05, 0.1) is 6.10 Å². The normalized spacial score (nSPS) is 13.4. The van der Waals surface area contributed by atoms with Gasteiger partial charge >= 0.3 is 0 Å². The molecule has 1 rings (SSSR count). The number of aliphatic hydroxyl groups is 1. The van der Waals surface area contributed by atoms with Crippen molar-refractivity contribution in [2.75, 3.05) is 18.0 Å². The summed E-state index contributed by atoms with van der Waals surface area (Å²) < 4.78 is 1.83. The number of nitrogens with zero attached hydrogens (tertiary/aromatic N) is 3. The number of nitrogens with two attached hydrogens (primary N) is 2. The molecule has 0 amide bonds. The molecule has 0 bridgehead atoms. The maximum Gasteiger partial charge on any atom is 0.222 e. The number of rotatable bonds is 5. The van der Waals surface area contributed by atoms with Gasteiger partial charge in [-0.2, -0.15) is 0 Å². The minimum absolute atomic E-state index is 0.206. The van der Waals surface area contributed by atoms with Crippen molar-refractivity contribution in [3.8, 4) is 0 Å². The average molecular weight is 231 g/mol. The molecule has 0 spiro atoms. The van der Waals surface area contributed by atoms with Gasteiger partial charge in [-0.15, -0.1) is 10.2 Å². The van der Waals surface area contributed by atoms with Gasteiger partial charge in [0.15, 0.2) is 5.16 Å². The van der Waals surface area contributed by atoms with E-state index in [0.29, 0.717) is 11.7 Å². The highest BCUT2D eigenvalue weighted by Gasteiger charge is 2.13. The molecule has 1 heterocycles. The second-order valence-electron chi connectivity index (χ2n) is 3.51. The molecule has 0 saturated heterocycles. The van der Waals surface area contributed by atoms with Crippen molar-refractivity contribution in [3.63, 3.8) is 0 Å². The quantitative estimate of drug-likeness (QED) is 0.609. The fourth-order valence-electron chi connectivity index (χ4n) is 1.11. The largest absolute Gasteiger partial charge is 0.391 e. The van der Waals surface area contributed by atoms with Crippen LogP contribution in [0.1, 0.15) is 19.9 Å². The van der Waals surface area contributed by atoms with Gasteiger partial charge in [0.1, 0.15) is 0 Å². The van der Waals surface area contributed by atoms with Crippen molar-refractivity contribution < 1.29 is 5.11 Å². The van der Waals surface area contributed by atoms with Gasteiger partial charge in [-0.05, 0) is 13.8 Å². The first-order valence-corrected chi connectivity index (χ1v) is 5.76. The Bertz CT molecular complexity index is 314. The number of aliphatic hydroxyl groups excluding tert-OH is 1. The topological polar surface area (TPSA) is 103 Å². The van der Waals surface area contributed by atoms with Gasteiger partial charge in [0.25, 0.3) is 0 Å². The highest BCUT2D eigenvalue weighted by atomic mass is 32.2. The van der Waals surface area contributed by atoms with Crippen LogP contribution in [0, 0.1) is 0 Å². The van der Waals surface area contributed by atoms with E-state index < -0.39 is 6.10 Å². The van der Waals surface area contributed by atoms with E-state index in [1.807, 2.05) is 18.4 Å². The maximum atomic E-state index is 9.32. The van der Waals surface area contributed by atoms with Gasteiger partial charge in [-0.1, -0.05) is 11.8 Å². The monoisotopic (exact) mass is 231 g/mol. The van der Waals surface area contributed by atoms with E-state index in [4.69, 9.17) is 11.5 Å². The number of hydrogen-bond acceptors (Lipinski definition) is 6. The highest BCUT2D eigenvalue weighted by Crippen LogP contribution is 2.22. The summed E-state index contributed by atoms with van der Waals surface area (Å²) in [5.41, 5.74) is 11.0. The summed E-state index contributed by atoms with van der Waals surface area (Å²) in [5.74, 6) is 0.899. The Kier molecular flexibility index (Phi) is 4.37. The molecule has 1 aromatic heterocycles. The van der Waals surface area contributed by atoms with Gasteiger partial charge in [-0.25, -0.2) is 0 Å². The minimum Gasteiger partial charge on any atom is -0.391 e. The van der Waals surface area contributed by atoms with E-state index >= 15 is 0 Å². The van der Waals surface area contributed by atoms with Crippen molar-refractivity contribution in [1.82, 2.24) is 14.8 Å². The van der Waals surface area contributed by atoms with Gasteiger partial charge in [0, 0.05) is 18.3 Å². The number of nitrogen functional groups attached to an aromatic ring is 1. The SMILES string of the molecule is CC(C)n1c(N)nnc1SCC(O)CN. The van der Waals surface area contributed by atoms with Crippen LogP contribution >= 0.6 is 11.8 Å². The molecule has 0 fully saturated rings. The Morgan fingerprint density at radius 1 is 1.47 bits per heavy atom. The number of hydrogen-bond donors (Lipinski definition) is 3. The number of thioether (sulfide) groups is 1. The van der Waals surface area contributed by atoms with E-state index in [2.05, 4.69) is 10.2 Å². The van der Waals surface area contributed by atoms with Crippen molar-refractivity contribution >= 4 is 17.7 Å². The Hall–Kier alpha value is -0.790. The summed E-state index contributed by atoms with van der Waals surface area (Å²) in [4.78, 5) is 0. The molecular weight excluding hydrogens is 214 g/mol. The molecule has 1 unspecified atom stereocenters. The van der Waals surface area contributed by atoms with Crippen LogP contribution in [0.25, 0.3) is 0 Å².